The number of hydrogen-bond acceptors (Lipinski definition) is 5. The molecular formula is C21H26ClN3O4. The van der Waals surface area contributed by atoms with Crippen molar-refractivity contribution in [2.75, 3.05) is 37.4 Å². The number of amides is 2. The third-order valence-electron chi connectivity index (χ3n) is 4.46. The maximum atomic E-state index is 12.3. The van der Waals surface area contributed by atoms with E-state index >= 15 is 0 Å². The molecule has 0 spiro atoms. The van der Waals surface area contributed by atoms with E-state index in [-0.39, 0.29) is 36.9 Å². The van der Waals surface area contributed by atoms with Crippen LogP contribution < -0.4 is 20.7 Å². The van der Waals surface area contributed by atoms with E-state index in [0.717, 1.165) is 25.2 Å². The van der Waals surface area contributed by atoms with Gasteiger partial charge in [-0.15, -0.1) is 12.4 Å². The van der Waals surface area contributed by atoms with Crippen molar-refractivity contribution < 1.29 is 19.1 Å². The molecule has 1 fully saturated rings. The zero-order chi connectivity index (χ0) is 19.8. The van der Waals surface area contributed by atoms with E-state index in [1.807, 2.05) is 0 Å². The summed E-state index contributed by atoms with van der Waals surface area (Å²) in [4.78, 5) is 24.3. The summed E-state index contributed by atoms with van der Waals surface area (Å²) in [7, 11) is 1.59. The van der Waals surface area contributed by atoms with Crippen molar-refractivity contribution in [3.63, 3.8) is 0 Å². The fraction of sp³-hybridized carbons (Fsp3) is 0.333. The zero-order valence-corrected chi connectivity index (χ0v) is 17.1. The summed E-state index contributed by atoms with van der Waals surface area (Å²) in [6.45, 7) is 1.70. The molecule has 0 radical (unpaired) electrons. The van der Waals surface area contributed by atoms with Crippen molar-refractivity contribution >= 4 is 35.6 Å². The summed E-state index contributed by atoms with van der Waals surface area (Å²) in [6, 6.07) is 13.9. The Bertz CT molecular complexity index is 791. The lowest BCUT2D eigenvalue weighted by molar-refractivity contribution is -0.115. The number of carbonyl (C=O) groups is 2. The number of hydrogen-bond donors (Lipinski definition) is 3. The van der Waals surface area contributed by atoms with Gasteiger partial charge in [0, 0.05) is 30.1 Å². The van der Waals surface area contributed by atoms with Crippen LogP contribution in [0.1, 0.15) is 23.2 Å². The summed E-state index contributed by atoms with van der Waals surface area (Å²) >= 11 is 0. The first-order valence-corrected chi connectivity index (χ1v) is 9.31. The molecule has 0 aliphatic carbocycles. The molecule has 0 saturated carbocycles. The fourth-order valence-electron chi connectivity index (χ4n) is 2.94. The Morgan fingerprint density at radius 2 is 1.69 bits per heavy atom. The quantitative estimate of drug-likeness (QED) is 0.612. The molecule has 2 aromatic rings. The van der Waals surface area contributed by atoms with Gasteiger partial charge in [-0.3, -0.25) is 9.59 Å². The number of nitrogens with one attached hydrogen (secondary N) is 3. The van der Waals surface area contributed by atoms with Gasteiger partial charge < -0.3 is 25.4 Å². The van der Waals surface area contributed by atoms with E-state index in [2.05, 4.69) is 16.0 Å². The number of halogens is 1. The van der Waals surface area contributed by atoms with Gasteiger partial charge in [0.1, 0.15) is 5.75 Å². The predicted molar refractivity (Wildman–Crippen MR) is 115 cm³/mol. The van der Waals surface area contributed by atoms with Gasteiger partial charge in [0.25, 0.3) is 5.91 Å². The molecule has 1 aliphatic heterocycles. The smallest absolute Gasteiger partial charge is 0.255 e. The number of benzene rings is 2. The molecule has 1 aliphatic rings. The molecule has 29 heavy (non-hydrogen) atoms. The standard InChI is InChI=1S/C21H25N3O4.ClH/c1-27-18-10-8-17(9-11-18)24-21(26)15-4-6-16(7-5-15)23-20(25)14-22-13-19-3-2-12-28-19;/h4-11,19,22H,2-3,12-14H2,1H3,(H,23,25)(H,24,26);1H. The second kappa shape index (κ2) is 11.4. The minimum atomic E-state index is -0.221. The Kier molecular flexibility index (Phi) is 8.92. The molecule has 0 bridgehead atoms. The highest BCUT2D eigenvalue weighted by Gasteiger charge is 2.15. The summed E-state index contributed by atoms with van der Waals surface area (Å²) < 4.78 is 10.6. The van der Waals surface area contributed by atoms with Crippen molar-refractivity contribution in [2.45, 2.75) is 18.9 Å². The molecule has 0 aromatic heterocycles. The Morgan fingerprint density at radius 3 is 2.31 bits per heavy atom. The molecule has 2 aromatic carbocycles. The lowest BCUT2D eigenvalue weighted by atomic mass is 10.2. The van der Waals surface area contributed by atoms with Gasteiger partial charge >= 0.3 is 0 Å². The van der Waals surface area contributed by atoms with Crippen LogP contribution in [-0.2, 0) is 9.53 Å². The molecule has 1 unspecified atom stereocenters. The van der Waals surface area contributed by atoms with E-state index in [1.54, 1.807) is 55.6 Å². The first kappa shape index (κ1) is 22.7. The van der Waals surface area contributed by atoms with Crippen LogP contribution >= 0.6 is 12.4 Å². The second-order valence-corrected chi connectivity index (χ2v) is 6.57. The molecule has 156 valence electrons. The van der Waals surface area contributed by atoms with E-state index in [1.165, 1.54) is 0 Å². The van der Waals surface area contributed by atoms with Crippen LogP contribution in [0.25, 0.3) is 0 Å². The number of methoxy groups -OCH3 is 1. The Balaban J connectivity index is 0.00000300. The van der Waals surface area contributed by atoms with Crippen LogP contribution in [0.2, 0.25) is 0 Å². The van der Waals surface area contributed by atoms with Gasteiger partial charge in [-0.2, -0.15) is 0 Å². The maximum absolute atomic E-state index is 12.3. The normalized spacial score (nSPS) is 15.3. The van der Waals surface area contributed by atoms with Crippen molar-refractivity contribution in [3.8, 4) is 5.75 Å². The number of ether oxygens (including phenoxy) is 2. The van der Waals surface area contributed by atoms with Crippen LogP contribution in [0.4, 0.5) is 11.4 Å². The average Bonchev–Trinajstić information content (AvgIpc) is 3.22. The Morgan fingerprint density at radius 1 is 1.03 bits per heavy atom. The molecule has 8 heteroatoms. The minimum Gasteiger partial charge on any atom is -0.497 e. The molecule has 1 saturated heterocycles. The van der Waals surface area contributed by atoms with Crippen molar-refractivity contribution in [1.82, 2.24) is 5.32 Å². The summed E-state index contributed by atoms with van der Waals surface area (Å²) in [5.41, 5.74) is 1.83. The van der Waals surface area contributed by atoms with Crippen LogP contribution in [0, 0.1) is 0 Å². The van der Waals surface area contributed by atoms with Crippen LogP contribution in [0.3, 0.4) is 0 Å². The predicted octanol–water partition coefficient (Wildman–Crippen LogP) is 3.08. The molecule has 1 atom stereocenters. The molecule has 1 heterocycles. The van der Waals surface area contributed by atoms with E-state index in [4.69, 9.17) is 9.47 Å². The van der Waals surface area contributed by atoms with Gasteiger partial charge in [0.15, 0.2) is 0 Å². The molecule has 3 N–H and O–H groups in total. The minimum absolute atomic E-state index is 0. The van der Waals surface area contributed by atoms with Crippen molar-refractivity contribution in [1.29, 1.82) is 0 Å². The fourth-order valence-corrected chi connectivity index (χ4v) is 2.94. The summed E-state index contributed by atoms with van der Waals surface area (Å²) in [5, 5.41) is 8.73. The first-order chi connectivity index (χ1) is 13.6. The van der Waals surface area contributed by atoms with Crippen LogP contribution in [0.5, 0.6) is 5.75 Å². The van der Waals surface area contributed by atoms with E-state index in [9.17, 15) is 9.59 Å². The van der Waals surface area contributed by atoms with Crippen LogP contribution in [-0.4, -0.2) is 44.7 Å². The van der Waals surface area contributed by atoms with Gasteiger partial charge in [0.05, 0.1) is 19.8 Å². The maximum Gasteiger partial charge on any atom is 0.255 e. The molecule has 3 rings (SSSR count). The lowest BCUT2D eigenvalue weighted by Gasteiger charge is -2.11. The number of anilines is 2. The van der Waals surface area contributed by atoms with Gasteiger partial charge in [0.2, 0.25) is 5.91 Å². The molecular weight excluding hydrogens is 394 g/mol. The van der Waals surface area contributed by atoms with E-state index in [0.29, 0.717) is 23.5 Å². The topological polar surface area (TPSA) is 88.7 Å². The van der Waals surface area contributed by atoms with E-state index < -0.39 is 0 Å². The lowest BCUT2D eigenvalue weighted by Crippen LogP contribution is -2.33. The monoisotopic (exact) mass is 419 g/mol. The van der Waals surface area contributed by atoms with Crippen LogP contribution in [0.15, 0.2) is 48.5 Å². The largest absolute Gasteiger partial charge is 0.497 e. The second-order valence-electron chi connectivity index (χ2n) is 6.57. The summed E-state index contributed by atoms with van der Waals surface area (Å²) in [6.07, 6.45) is 2.32. The third-order valence-corrected chi connectivity index (χ3v) is 4.46. The number of carbonyl (C=O) groups excluding carboxylic acids is 2. The summed E-state index contributed by atoms with van der Waals surface area (Å²) in [5.74, 6) is 0.373. The van der Waals surface area contributed by atoms with Crippen molar-refractivity contribution in [2.24, 2.45) is 0 Å². The third kappa shape index (κ3) is 7.05. The average molecular weight is 420 g/mol. The number of rotatable bonds is 8. The SMILES string of the molecule is COc1ccc(NC(=O)c2ccc(NC(=O)CNCC3CCCO3)cc2)cc1.Cl. The highest BCUT2D eigenvalue weighted by Crippen LogP contribution is 2.17. The van der Waals surface area contributed by atoms with Gasteiger partial charge in [-0.1, -0.05) is 0 Å². The van der Waals surface area contributed by atoms with Crippen molar-refractivity contribution in [3.05, 3.63) is 54.1 Å². The van der Waals surface area contributed by atoms with Gasteiger partial charge in [-0.25, -0.2) is 0 Å². The Hall–Kier alpha value is -2.61. The van der Waals surface area contributed by atoms with Gasteiger partial charge in [-0.05, 0) is 61.4 Å². The Labute approximate surface area is 176 Å². The molecule has 2 amide bonds. The molecule has 7 nitrogen and oxygen atoms in total. The highest BCUT2D eigenvalue weighted by molar-refractivity contribution is 6.04. The highest BCUT2D eigenvalue weighted by atomic mass is 35.5. The zero-order valence-electron chi connectivity index (χ0n) is 16.3. The first-order valence-electron chi connectivity index (χ1n) is 9.31.